The number of nitrogens with one attached hydrogen (secondary N) is 1. The second-order valence-electron chi connectivity index (χ2n) is 4.88. The molecule has 1 atom stereocenters. The summed E-state index contributed by atoms with van der Waals surface area (Å²) >= 11 is 7.02. The predicted molar refractivity (Wildman–Crippen MR) is 100 cm³/mol. The van der Waals surface area contributed by atoms with Gasteiger partial charge in [-0.15, -0.1) is 24.8 Å². The van der Waals surface area contributed by atoms with Crippen LogP contribution in [0.2, 0.25) is 0 Å². The summed E-state index contributed by atoms with van der Waals surface area (Å²) < 4.78 is 1.76. The Bertz CT molecular complexity index is 443. The Labute approximate surface area is 155 Å². The summed E-state index contributed by atoms with van der Waals surface area (Å²) in [5.74, 6) is 0.367. The highest BCUT2D eigenvalue weighted by atomic mass is 79.9. The molecule has 1 aliphatic heterocycles. The van der Waals surface area contributed by atoms with Crippen LogP contribution in [0, 0.1) is 0 Å². The van der Waals surface area contributed by atoms with Crippen LogP contribution in [-0.2, 0) is 0 Å². The number of phenols is 1. The summed E-state index contributed by atoms with van der Waals surface area (Å²) in [5, 5.41) is 13.8. The maximum atomic E-state index is 10.4. The molecule has 1 aromatic carbocycles. The van der Waals surface area contributed by atoms with E-state index < -0.39 is 0 Å². The fourth-order valence-electron chi connectivity index (χ4n) is 2.65. The van der Waals surface area contributed by atoms with Crippen molar-refractivity contribution < 1.29 is 5.11 Å². The summed E-state index contributed by atoms with van der Waals surface area (Å²) in [6.07, 6.45) is 2.16. The maximum absolute atomic E-state index is 10.4. The van der Waals surface area contributed by atoms with Crippen LogP contribution >= 0.6 is 56.7 Å². The first kappa shape index (κ1) is 21.5. The third kappa shape index (κ3) is 5.26. The van der Waals surface area contributed by atoms with E-state index in [9.17, 15) is 5.11 Å². The van der Waals surface area contributed by atoms with Gasteiger partial charge in [0.15, 0.2) is 0 Å². The predicted octanol–water partition coefficient (Wildman–Crippen LogP) is 4.51. The average molecular weight is 465 g/mol. The molecule has 7 heteroatoms. The highest BCUT2D eigenvalue weighted by Gasteiger charge is 2.26. The van der Waals surface area contributed by atoms with Gasteiger partial charge in [0.1, 0.15) is 5.75 Å². The van der Waals surface area contributed by atoms with Gasteiger partial charge in [-0.3, -0.25) is 4.90 Å². The molecule has 0 aromatic heterocycles. The molecule has 1 fully saturated rings. The zero-order valence-corrected chi connectivity index (χ0v) is 16.7. The van der Waals surface area contributed by atoms with E-state index in [0.717, 1.165) is 53.5 Å². The second-order valence-corrected chi connectivity index (χ2v) is 6.59. The van der Waals surface area contributed by atoms with Gasteiger partial charge in [-0.25, -0.2) is 0 Å². The lowest BCUT2D eigenvalue weighted by molar-refractivity contribution is 0.161. The lowest BCUT2D eigenvalue weighted by atomic mass is 9.99. The molecule has 0 aliphatic carbocycles. The first-order valence-electron chi connectivity index (χ1n) is 6.76. The minimum atomic E-state index is 0. The number of hydrogen-bond donors (Lipinski definition) is 2. The number of rotatable bonds is 4. The first-order chi connectivity index (χ1) is 9.15. The van der Waals surface area contributed by atoms with E-state index in [2.05, 4.69) is 49.0 Å². The van der Waals surface area contributed by atoms with Crippen molar-refractivity contribution in [2.75, 3.05) is 26.2 Å². The molecule has 0 unspecified atom stereocenters. The number of piperazine rings is 1. The largest absolute Gasteiger partial charge is 0.506 e. The smallest absolute Gasteiger partial charge is 0.135 e. The van der Waals surface area contributed by atoms with Crippen LogP contribution in [0.1, 0.15) is 31.4 Å². The van der Waals surface area contributed by atoms with Crippen molar-refractivity contribution in [3.8, 4) is 5.75 Å². The molecule has 0 saturated carbocycles. The monoisotopic (exact) mass is 462 g/mol. The van der Waals surface area contributed by atoms with E-state index in [1.165, 1.54) is 0 Å². The third-order valence-electron chi connectivity index (χ3n) is 3.60. The van der Waals surface area contributed by atoms with Gasteiger partial charge in [0, 0.05) is 42.3 Å². The average Bonchev–Trinajstić information content (AvgIpc) is 2.43. The summed E-state index contributed by atoms with van der Waals surface area (Å²) in [6.45, 7) is 6.30. The van der Waals surface area contributed by atoms with Gasteiger partial charge in [0.25, 0.3) is 0 Å². The molecule has 1 aliphatic rings. The molecule has 2 N–H and O–H groups in total. The summed E-state index contributed by atoms with van der Waals surface area (Å²) in [4.78, 5) is 2.46. The van der Waals surface area contributed by atoms with E-state index in [4.69, 9.17) is 0 Å². The molecule has 122 valence electrons. The second kappa shape index (κ2) is 10.3. The van der Waals surface area contributed by atoms with Crippen LogP contribution in [0.5, 0.6) is 5.75 Å². The van der Waals surface area contributed by atoms with Crippen LogP contribution in [0.3, 0.4) is 0 Å². The van der Waals surface area contributed by atoms with Crippen molar-refractivity contribution in [3.05, 3.63) is 26.6 Å². The van der Waals surface area contributed by atoms with Crippen molar-refractivity contribution in [2.45, 2.75) is 25.8 Å². The highest BCUT2D eigenvalue weighted by Crippen LogP contribution is 2.41. The Morgan fingerprint density at radius 2 is 1.76 bits per heavy atom. The minimum Gasteiger partial charge on any atom is -0.506 e. The van der Waals surface area contributed by atoms with Crippen molar-refractivity contribution in [1.82, 2.24) is 10.2 Å². The van der Waals surface area contributed by atoms with Crippen molar-refractivity contribution in [2.24, 2.45) is 0 Å². The van der Waals surface area contributed by atoms with Gasteiger partial charge in [0.2, 0.25) is 0 Å². The van der Waals surface area contributed by atoms with Gasteiger partial charge in [-0.2, -0.15) is 0 Å². The van der Waals surface area contributed by atoms with Gasteiger partial charge in [0.05, 0.1) is 4.47 Å². The fraction of sp³-hybridized carbons (Fsp3) is 0.571. The van der Waals surface area contributed by atoms with Crippen molar-refractivity contribution in [3.63, 3.8) is 0 Å². The number of aromatic hydroxyl groups is 1. The quantitative estimate of drug-likeness (QED) is 0.688. The zero-order valence-electron chi connectivity index (χ0n) is 11.9. The Morgan fingerprint density at radius 1 is 1.19 bits per heavy atom. The molecule has 1 heterocycles. The van der Waals surface area contributed by atoms with Gasteiger partial charge in [-0.1, -0.05) is 29.3 Å². The highest BCUT2D eigenvalue weighted by molar-refractivity contribution is 9.11. The van der Waals surface area contributed by atoms with Crippen LogP contribution < -0.4 is 5.32 Å². The summed E-state index contributed by atoms with van der Waals surface area (Å²) in [6, 6.07) is 4.16. The molecular formula is C14H22Br2Cl2N2O. The standard InChI is InChI=1S/C14H20Br2N2O.2ClH/c1-2-3-12(18-8-6-17-7-9-18)13-10(15)4-5-11(16)14(13)19;;/h4-5,12,17,19H,2-3,6-9H2,1H3;2*1H/t12-;;/m0../s1. The van der Waals surface area contributed by atoms with Crippen LogP contribution in [0.15, 0.2) is 21.1 Å². The Hall–Kier alpha value is 0.480. The van der Waals surface area contributed by atoms with E-state index in [1.807, 2.05) is 12.1 Å². The topological polar surface area (TPSA) is 35.5 Å². The number of benzene rings is 1. The number of nitrogens with zero attached hydrogens (tertiary/aromatic N) is 1. The molecule has 0 bridgehead atoms. The normalized spacial score (nSPS) is 16.7. The summed E-state index contributed by atoms with van der Waals surface area (Å²) in [7, 11) is 0. The Balaban J connectivity index is 0.00000200. The van der Waals surface area contributed by atoms with Crippen LogP contribution in [0.4, 0.5) is 0 Å². The van der Waals surface area contributed by atoms with Crippen molar-refractivity contribution in [1.29, 1.82) is 0 Å². The zero-order chi connectivity index (χ0) is 13.8. The van der Waals surface area contributed by atoms with Crippen LogP contribution in [-0.4, -0.2) is 36.2 Å². The van der Waals surface area contributed by atoms with E-state index in [-0.39, 0.29) is 30.9 Å². The molecule has 21 heavy (non-hydrogen) atoms. The van der Waals surface area contributed by atoms with Gasteiger partial charge >= 0.3 is 0 Å². The number of halogens is 4. The van der Waals surface area contributed by atoms with E-state index in [0.29, 0.717) is 5.75 Å². The molecule has 0 amide bonds. The lowest BCUT2D eigenvalue weighted by Gasteiger charge is -2.36. The fourth-order valence-corrected chi connectivity index (χ4v) is 3.58. The van der Waals surface area contributed by atoms with E-state index in [1.54, 1.807) is 0 Å². The number of hydrogen-bond acceptors (Lipinski definition) is 3. The van der Waals surface area contributed by atoms with E-state index >= 15 is 0 Å². The molecule has 1 aromatic rings. The SMILES string of the molecule is CCC[C@@H](c1c(Br)ccc(Br)c1O)N1CCNCC1.Cl.Cl. The summed E-state index contributed by atoms with van der Waals surface area (Å²) in [5.41, 5.74) is 1.01. The molecule has 2 rings (SSSR count). The van der Waals surface area contributed by atoms with Crippen LogP contribution in [0.25, 0.3) is 0 Å². The molecule has 0 spiro atoms. The number of phenolic OH excluding ortho intramolecular Hbond substituents is 1. The molecule has 3 nitrogen and oxygen atoms in total. The Morgan fingerprint density at radius 3 is 2.33 bits per heavy atom. The third-order valence-corrected chi connectivity index (χ3v) is 4.93. The Kier molecular flexibility index (Phi) is 10.5. The van der Waals surface area contributed by atoms with Crippen molar-refractivity contribution >= 4 is 56.7 Å². The molecule has 1 saturated heterocycles. The molecule has 0 radical (unpaired) electrons. The maximum Gasteiger partial charge on any atom is 0.135 e. The first-order valence-corrected chi connectivity index (χ1v) is 8.35. The van der Waals surface area contributed by atoms with Gasteiger partial charge in [-0.05, 0) is 34.5 Å². The van der Waals surface area contributed by atoms with Gasteiger partial charge < -0.3 is 10.4 Å². The lowest BCUT2D eigenvalue weighted by Crippen LogP contribution is -2.45. The molecular weight excluding hydrogens is 443 g/mol. The minimum absolute atomic E-state index is 0.